The monoisotopic (exact) mass is 264 g/mol. The molecular formula is C15H24N2O2. The first-order chi connectivity index (χ1) is 9.24. The minimum Gasteiger partial charge on any atom is -0.496 e. The van der Waals surface area contributed by atoms with Gasteiger partial charge in [-0.2, -0.15) is 0 Å². The molecule has 0 spiro atoms. The fraction of sp³-hybridized carbons (Fsp3) is 0.600. The largest absolute Gasteiger partial charge is 0.496 e. The second kappa shape index (κ2) is 6.26. The van der Waals surface area contributed by atoms with E-state index in [1.807, 2.05) is 7.05 Å². The Kier molecular flexibility index (Phi) is 4.66. The van der Waals surface area contributed by atoms with Crippen molar-refractivity contribution < 1.29 is 9.47 Å². The fourth-order valence-electron chi connectivity index (χ4n) is 2.81. The summed E-state index contributed by atoms with van der Waals surface area (Å²) in [7, 11) is 5.43. The van der Waals surface area contributed by atoms with E-state index in [2.05, 4.69) is 23.6 Å². The summed E-state index contributed by atoms with van der Waals surface area (Å²) < 4.78 is 11.2. The molecule has 1 aromatic carbocycles. The van der Waals surface area contributed by atoms with Crippen molar-refractivity contribution in [3.8, 4) is 11.5 Å². The van der Waals surface area contributed by atoms with Crippen LogP contribution in [-0.4, -0.2) is 27.3 Å². The highest BCUT2D eigenvalue weighted by molar-refractivity contribution is 5.55. The van der Waals surface area contributed by atoms with Crippen LogP contribution in [0.2, 0.25) is 0 Å². The molecule has 0 aliphatic carbocycles. The molecule has 2 N–H and O–H groups in total. The van der Waals surface area contributed by atoms with Crippen LogP contribution in [0.1, 0.15) is 30.0 Å². The highest BCUT2D eigenvalue weighted by atomic mass is 16.5. The molecule has 1 unspecified atom stereocenters. The lowest BCUT2D eigenvalue weighted by Crippen LogP contribution is -2.35. The molecule has 0 fully saturated rings. The molecule has 4 nitrogen and oxygen atoms in total. The number of methoxy groups -OCH3 is 2. The quantitative estimate of drug-likeness (QED) is 0.852. The van der Waals surface area contributed by atoms with Crippen LogP contribution in [-0.2, 0) is 19.5 Å². The van der Waals surface area contributed by atoms with Crippen LogP contribution in [0.15, 0.2) is 6.07 Å². The van der Waals surface area contributed by atoms with Crippen LogP contribution >= 0.6 is 0 Å². The summed E-state index contributed by atoms with van der Waals surface area (Å²) in [6.45, 7) is 3.86. The van der Waals surface area contributed by atoms with E-state index < -0.39 is 0 Å². The molecule has 1 aromatic rings. The van der Waals surface area contributed by atoms with E-state index in [1.54, 1.807) is 14.2 Å². The Morgan fingerprint density at radius 1 is 1.32 bits per heavy atom. The molecule has 0 saturated carbocycles. The predicted octanol–water partition coefficient (Wildman–Crippen LogP) is 1.85. The Labute approximate surface area is 115 Å². The van der Waals surface area contributed by atoms with Crippen molar-refractivity contribution in [2.45, 2.75) is 38.9 Å². The SMILES string of the molecule is CCC1Cc2c(c(OC)cc(CNC)c2OC)CN1. The maximum Gasteiger partial charge on any atom is 0.127 e. The van der Waals surface area contributed by atoms with Crippen molar-refractivity contribution in [1.29, 1.82) is 0 Å². The summed E-state index contributed by atoms with van der Waals surface area (Å²) in [5.74, 6) is 1.98. The number of benzene rings is 1. The van der Waals surface area contributed by atoms with Crippen LogP contribution < -0.4 is 20.1 Å². The summed E-state index contributed by atoms with van der Waals surface area (Å²) in [4.78, 5) is 0. The number of ether oxygens (including phenoxy) is 2. The van der Waals surface area contributed by atoms with Gasteiger partial charge in [-0.05, 0) is 26.0 Å². The summed E-state index contributed by atoms with van der Waals surface area (Å²) in [5, 5.41) is 6.74. The number of fused-ring (bicyclic) bond motifs is 1. The molecule has 1 aliphatic rings. The van der Waals surface area contributed by atoms with Gasteiger partial charge < -0.3 is 20.1 Å². The molecule has 2 rings (SSSR count). The zero-order valence-corrected chi connectivity index (χ0v) is 12.3. The lowest BCUT2D eigenvalue weighted by atomic mass is 9.90. The number of hydrogen-bond acceptors (Lipinski definition) is 4. The van der Waals surface area contributed by atoms with E-state index in [-0.39, 0.29) is 0 Å². The predicted molar refractivity (Wildman–Crippen MR) is 76.9 cm³/mol. The van der Waals surface area contributed by atoms with Crippen LogP contribution in [0.5, 0.6) is 11.5 Å². The molecule has 1 heterocycles. The van der Waals surface area contributed by atoms with Gasteiger partial charge in [0.15, 0.2) is 0 Å². The van der Waals surface area contributed by atoms with Crippen LogP contribution in [0.25, 0.3) is 0 Å². The van der Waals surface area contributed by atoms with Crippen molar-refractivity contribution in [3.05, 3.63) is 22.8 Å². The number of rotatable bonds is 5. The molecular weight excluding hydrogens is 240 g/mol. The third-order valence-electron chi connectivity index (χ3n) is 3.83. The van der Waals surface area contributed by atoms with E-state index in [0.717, 1.165) is 43.0 Å². The first-order valence-corrected chi connectivity index (χ1v) is 6.88. The Hall–Kier alpha value is -1.26. The van der Waals surface area contributed by atoms with Gasteiger partial charge in [0.1, 0.15) is 11.5 Å². The molecule has 106 valence electrons. The van der Waals surface area contributed by atoms with Gasteiger partial charge in [-0.15, -0.1) is 0 Å². The van der Waals surface area contributed by atoms with Crippen LogP contribution in [0.3, 0.4) is 0 Å². The zero-order chi connectivity index (χ0) is 13.8. The summed E-state index contributed by atoms with van der Waals surface area (Å²) in [5.41, 5.74) is 3.71. The molecule has 1 aliphatic heterocycles. The minimum absolute atomic E-state index is 0.524. The van der Waals surface area contributed by atoms with Gasteiger partial charge in [0, 0.05) is 35.8 Å². The van der Waals surface area contributed by atoms with E-state index in [0.29, 0.717) is 6.04 Å². The van der Waals surface area contributed by atoms with Gasteiger partial charge in [0.2, 0.25) is 0 Å². The zero-order valence-electron chi connectivity index (χ0n) is 12.3. The van der Waals surface area contributed by atoms with E-state index >= 15 is 0 Å². The van der Waals surface area contributed by atoms with Crippen molar-refractivity contribution in [3.63, 3.8) is 0 Å². The Bertz CT molecular complexity index is 446. The van der Waals surface area contributed by atoms with Gasteiger partial charge in [-0.3, -0.25) is 0 Å². The second-order valence-electron chi connectivity index (χ2n) is 4.95. The number of nitrogens with one attached hydrogen (secondary N) is 2. The minimum atomic E-state index is 0.524. The fourth-order valence-corrected chi connectivity index (χ4v) is 2.81. The van der Waals surface area contributed by atoms with Crippen LogP contribution in [0, 0.1) is 0 Å². The Balaban J connectivity index is 2.51. The molecule has 0 aromatic heterocycles. The van der Waals surface area contributed by atoms with E-state index in [4.69, 9.17) is 9.47 Å². The van der Waals surface area contributed by atoms with Crippen molar-refractivity contribution >= 4 is 0 Å². The molecule has 0 saturated heterocycles. The van der Waals surface area contributed by atoms with Crippen molar-refractivity contribution in [2.24, 2.45) is 0 Å². The number of hydrogen-bond donors (Lipinski definition) is 2. The van der Waals surface area contributed by atoms with Crippen molar-refractivity contribution in [1.82, 2.24) is 10.6 Å². The van der Waals surface area contributed by atoms with Gasteiger partial charge in [0.25, 0.3) is 0 Å². The van der Waals surface area contributed by atoms with Gasteiger partial charge in [0.05, 0.1) is 14.2 Å². The van der Waals surface area contributed by atoms with Gasteiger partial charge >= 0.3 is 0 Å². The summed E-state index contributed by atoms with van der Waals surface area (Å²) >= 11 is 0. The maximum atomic E-state index is 5.67. The van der Waals surface area contributed by atoms with Crippen LogP contribution in [0.4, 0.5) is 0 Å². The molecule has 1 atom stereocenters. The normalized spacial score (nSPS) is 18.0. The first-order valence-electron chi connectivity index (χ1n) is 6.88. The smallest absolute Gasteiger partial charge is 0.127 e. The first kappa shape index (κ1) is 14.2. The van der Waals surface area contributed by atoms with E-state index in [9.17, 15) is 0 Å². The average molecular weight is 264 g/mol. The topological polar surface area (TPSA) is 42.5 Å². The third-order valence-corrected chi connectivity index (χ3v) is 3.83. The highest BCUT2D eigenvalue weighted by Gasteiger charge is 2.25. The summed E-state index contributed by atoms with van der Waals surface area (Å²) in [6.07, 6.45) is 2.13. The molecule has 0 amide bonds. The lowest BCUT2D eigenvalue weighted by Gasteiger charge is -2.29. The molecule has 4 heteroatoms. The highest BCUT2D eigenvalue weighted by Crippen LogP contribution is 2.37. The molecule has 19 heavy (non-hydrogen) atoms. The van der Waals surface area contributed by atoms with Crippen molar-refractivity contribution in [2.75, 3.05) is 21.3 Å². The lowest BCUT2D eigenvalue weighted by molar-refractivity contribution is 0.369. The van der Waals surface area contributed by atoms with Gasteiger partial charge in [-0.1, -0.05) is 6.92 Å². The molecule has 0 bridgehead atoms. The van der Waals surface area contributed by atoms with E-state index in [1.165, 1.54) is 11.1 Å². The Morgan fingerprint density at radius 3 is 2.68 bits per heavy atom. The maximum absolute atomic E-state index is 5.67. The third kappa shape index (κ3) is 2.69. The molecule has 0 radical (unpaired) electrons. The van der Waals surface area contributed by atoms with Gasteiger partial charge in [-0.25, -0.2) is 0 Å². The average Bonchev–Trinajstić information content (AvgIpc) is 2.46. The second-order valence-corrected chi connectivity index (χ2v) is 4.95. The standard InChI is InChI=1S/C15H24N2O2/c1-5-11-7-12-13(9-17-11)14(18-3)6-10(8-16-2)15(12)19-4/h6,11,16-17H,5,7-9H2,1-4H3. The Morgan fingerprint density at radius 2 is 2.11 bits per heavy atom. The summed E-state index contributed by atoms with van der Waals surface area (Å²) in [6, 6.07) is 2.61.